The van der Waals surface area contributed by atoms with Gasteiger partial charge in [0.25, 0.3) is 0 Å². The van der Waals surface area contributed by atoms with Gasteiger partial charge >= 0.3 is 6.01 Å². The summed E-state index contributed by atoms with van der Waals surface area (Å²) in [6.45, 7) is 2.89. The van der Waals surface area contributed by atoms with Crippen LogP contribution in [-0.4, -0.2) is 61.5 Å². The second-order valence-corrected chi connectivity index (χ2v) is 8.70. The van der Waals surface area contributed by atoms with Crippen LogP contribution >= 0.6 is 0 Å². The molecule has 1 aromatic carbocycles. The summed E-state index contributed by atoms with van der Waals surface area (Å²) in [4.78, 5) is 11.0. The van der Waals surface area contributed by atoms with E-state index in [2.05, 4.69) is 20.9 Å². The molecule has 8 heteroatoms. The lowest BCUT2D eigenvalue weighted by Crippen LogP contribution is -2.58. The second-order valence-electron chi connectivity index (χ2n) is 8.70. The molecule has 1 aliphatic heterocycles. The van der Waals surface area contributed by atoms with E-state index < -0.39 is 5.60 Å². The quantitative estimate of drug-likeness (QED) is 0.667. The highest BCUT2D eigenvalue weighted by atomic mass is 16.5. The number of methoxy groups -OCH3 is 4. The zero-order chi connectivity index (χ0) is 22.7. The van der Waals surface area contributed by atoms with Gasteiger partial charge in [-0.2, -0.15) is 4.98 Å². The maximum absolute atomic E-state index is 12.0. The van der Waals surface area contributed by atoms with Crippen molar-refractivity contribution < 1.29 is 24.1 Å². The number of fused-ring (bicyclic) bond motifs is 2. The van der Waals surface area contributed by atoms with Crippen molar-refractivity contribution in [2.75, 3.05) is 41.5 Å². The Kier molecular flexibility index (Phi) is 6.83. The highest BCUT2D eigenvalue weighted by Crippen LogP contribution is 2.51. The normalized spacial score (nSPS) is 25.4. The van der Waals surface area contributed by atoms with E-state index in [0.717, 1.165) is 55.8 Å². The standard InChI is InChI=1S/C24H33N3O5/c1-29-15-16-8-9-21(30-2)17(10-16)12-27-13-18-6-5-7-19(14-27)24(18,28)20-11-25-23(32-4)26-22(20)31-3/h8-11,18-19,28H,5-7,12-15H2,1-4H3. The first kappa shape index (κ1) is 22.8. The van der Waals surface area contributed by atoms with Gasteiger partial charge in [-0.3, -0.25) is 4.90 Å². The largest absolute Gasteiger partial charge is 0.496 e. The van der Waals surface area contributed by atoms with Gasteiger partial charge < -0.3 is 24.1 Å². The molecular formula is C24H33N3O5. The molecule has 1 aliphatic carbocycles. The van der Waals surface area contributed by atoms with Crippen LogP contribution in [0, 0.1) is 11.8 Å². The number of hydrogen-bond donors (Lipinski definition) is 1. The maximum Gasteiger partial charge on any atom is 0.319 e. The minimum absolute atomic E-state index is 0.0639. The highest BCUT2D eigenvalue weighted by Gasteiger charge is 2.53. The van der Waals surface area contributed by atoms with Gasteiger partial charge in [0, 0.05) is 50.3 Å². The Labute approximate surface area is 189 Å². The van der Waals surface area contributed by atoms with E-state index in [4.69, 9.17) is 18.9 Å². The maximum atomic E-state index is 12.0. The van der Waals surface area contributed by atoms with E-state index >= 15 is 0 Å². The molecule has 1 N–H and O–H groups in total. The van der Waals surface area contributed by atoms with E-state index in [1.807, 2.05) is 12.1 Å². The summed E-state index contributed by atoms with van der Waals surface area (Å²) in [5.41, 5.74) is 1.90. The van der Waals surface area contributed by atoms with Crippen molar-refractivity contribution in [2.45, 2.75) is 38.0 Å². The summed E-state index contributed by atoms with van der Waals surface area (Å²) in [6.07, 6.45) is 4.67. The Morgan fingerprint density at radius 2 is 1.81 bits per heavy atom. The first-order valence-corrected chi connectivity index (χ1v) is 11.1. The molecule has 1 aromatic heterocycles. The van der Waals surface area contributed by atoms with Gasteiger partial charge in [-0.1, -0.05) is 12.5 Å². The van der Waals surface area contributed by atoms with Crippen molar-refractivity contribution in [1.29, 1.82) is 0 Å². The van der Waals surface area contributed by atoms with Crippen LogP contribution < -0.4 is 14.2 Å². The third kappa shape index (κ3) is 4.14. The van der Waals surface area contributed by atoms with Crippen LogP contribution in [0.25, 0.3) is 0 Å². The molecule has 2 aliphatic rings. The predicted molar refractivity (Wildman–Crippen MR) is 119 cm³/mol. The van der Waals surface area contributed by atoms with Crippen molar-refractivity contribution in [1.82, 2.24) is 14.9 Å². The lowest BCUT2D eigenvalue weighted by atomic mass is 9.63. The van der Waals surface area contributed by atoms with Gasteiger partial charge in [-0.25, -0.2) is 4.98 Å². The highest BCUT2D eigenvalue weighted by molar-refractivity contribution is 5.38. The van der Waals surface area contributed by atoms with Gasteiger partial charge in [0.15, 0.2) is 0 Å². The van der Waals surface area contributed by atoms with Crippen LogP contribution in [0.3, 0.4) is 0 Å². The molecule has 2 heterocycles. The second kappa shape index (κ2) is 9.60. The summed E-state index contributed by atoms with van der Waals surface area (Å²) in [5.74, 6) is 1.39. The monoisotopic (exact) mass is 443 g/mol. The predicted octanol–water partition coefficient (Wildman–Crippen LogP) is 2.77. The minimum atomic E-state index is -1.02. The molecule has 2 atom stereocenters. The van der Waals surface area contributed by atoms with E-state index in [1.165, 1.54) is 7.11 Å². The average Bonchev–Trinajstić information content (AvgIpc) is 2.79. The van der Waals surface area contributed by atoms with Gasteiger partial charge in [-0.15, -0.1) is 0 Å². The molecule has 2 fully saturated rings. The first-order valence-electron chi connectivity index (χ1n) is 11.1. The Bertz CT molecular complexity index is 924. The average molecular weight is 444 g/mol. The van der Waals surface area contributed by atoms with Gasteiger partial charge in [-0.05, 0) is 30.5 Å². The molecule has 2 aromatic rings. The minimum Gasteiger partial charge on any atom is -0.496 e. The Morgan fingerprint density at radius 3 is 2.44 bits per heavy atom. The number of aromatic nitrogens is 2. The summed E-state index contributed by atoms with van der Waals surface area (Å²) in [5, 5.41) is 12.0. The molecule has 0 spiro atoms. The molecule has 32 heavy (non-hydrogen) atoms. The lowest BCUT2D eigenvalue weighted by Gasteiger charge is -2.53. The molecule has 1 saturated heterocycles. The van der Waals surface area contributed by atoms with Gasteiger partial charge in [0.05, 0.1) is 33.5 Å². The van der Waals surface area contributed by atoms with Crippen LogP contribution in [0.2, 0.25) is 0 Å². The van der Waals surface area contributed by atoms with Crippen LogP contribution in [0.1, 0.15) is 36.0 Å². The number of aliphatic hydroxyl groups is 1. The number of likely N-dealkylation sites (tertiary alicyclic amines) is 1. The fraction of sp³-hybridized carbons (Fsp3) is 0.583. The van der Waals surface area contributed by atoms with Crippen molar-refractivity contribution >= 4 is 0 Å². The SMILES string of the molecule is COCc1ccc(OC)c(CN2CC3CCCC(C2)C3(O)c2cnc(OC)nc2OC)c1. The van der Waals surface area contributed by atoms with E-state index in [9.17, 15) is 5.11 Å². The number of rotatable bonds is 8. The number of ether oxygens (including phenoxy) is 4. The topological polar surface area (TPSA) is 86.2 Å². The van der Waals surface area contributed by atoms with E-state index in [1.54, 1.807) is 27.5 Å². The zero-order valence-electron chi connectivity index (χ0n) is 19.3. The summed E-state index contributed by atoms with van der Waals surface area (Å²) >= 11 is 0. The lowest BCUT2D eigenvalue weighted by molar-refractivity contribution is -0.149. The van der Waals surface area contributed by atoms with Crippen LogP contribution in [0.15, 0.2) is 24.4 Å². The number of benzene rings is 1. The summed E-state index contributed by atoms with van der Waals surface area (Å²) in [6, 6.07) is 6.43. The fourth-order valence-corrected chi connectivity index (χ4v) is 5.44. The molecule has 174 valence electrons. The van der Waals surface area contributed by atoms with Crippen molar-refractivity contribution in [3.63, 3.8) is 0 Å². The Balaban J connectivity index is 1.60. The van der Waals surface area contributed by atoms with Crippen LogP contribution in [0.5, 0.6) is 17.6 Å². The number of nitrogens with zero attached hydrogens (tertiary/aromatic N) is 3. The van der Waals surface area contributed by atoms with Crippen molar-refractivity contribution in [3.8, 4) is 17.6 Å². The summed E-state index contributed by atoms with van der Waals surface area (Å²) < 4.78 is 21.6. The fourth-order valence-electron chi connectivity index (χ4n) is 5.44. The third-order valence-electron chi connectivity index (χ3n) is 6.90. The van der Waals surface area contributed by atoms with Gasteiger partial charge in [0.2, 0.25) is 5.88 Å². The zero-order valence-corrected chi connectivity index (χ0v) is 19.3. The molecule has 0 amide bonds. The third-order valence-corrected chi connectivity index (χ3v) is 6.90. The van der Waals surface area contributed by atoms with Crippen molar-refractivity contribution in [3.05, 3.63) is 41.1 Å². The molecule has 2 unspecified atom stereocenters. The molecule has 2 bridgehead atoms. The first-order chi connectivity index (χ1) is 15.5. The number of hydrogen-bond acceptors (Lipinski definition) is 8. The Morgan fingerprint density at radius 1 is 1.06 bits per heavy atom. The smallest absolute Gasteiger partial charge is 0.319 e. The van der Waals surface area contributed by atoms with Crippen LogP contribution in [-0.2, 0) is 23.5 Å². The Hall–Kier alpha value is -2.42. The van der Waals surface area contributed by atoms with Crippen molar-refractivity contribution in [2.24, 2.45) is 11.8 Å². The summed E-state index contributed by atoms with van der Waals surface area (Å²) in [7, 11) is 6.49. The molecule has 0 radical (unpaired) electrons. The molecular weight excluding hydrogens is 410 g/mol. The molecule has 4 rings (SSSR count). The van der Waals surface area contributed by atoms with E-state index in [-0.39, 0.29) is 17.8 Å². The van der Waals surface area contributed by atoms with Gasteiger partial charge in [0.1, 0.15) is 11.4 Å². The van der Waals surface area contributed by atoms with Crippen LogP contribution in [0.4, 0.5) is 0 Å². The van der Waals surface area contributed by atoms with E-state index in [0.29, 0.717) is 18.1 Å². The number of piperidine rings is 1. The molecule has 1 saturated carbocycles. The molecule has 8 nitrogen and oxygen atoms in total.